The number of amides is 3. The number of carbonyl (C=O) groups is 2. The summed E-state index contributed by atoms with van der Waals surface area (Å²) in [5.41, 5.74) is 6.93. The molecule has 29 heavy (non-hydrogen) atoms. The van der Waals surface area contributed by atoms with Gasteiger partial charge in [0.25, 0.3) is 0 Å². The Morgan fingerprint density at radius 1 is 1.52 bits per heavy atom. The van der Waals surface area contributed by atoms with Crippen LogP contribution >= 0.6 is 11.3 Å². The molecule has 0 aliphatic carbocycles. The molecule has 3 amide bonds. The van der Waals surface area contributed by atoms with E-state index >= 15 is 0 Å². The van der Waals surface area contributed by atoms with E-state index in [1.807, 2.05) is 0 Å². The summed E-state index contributed by atoms with van der Waals surface area (Å²) in [6.45, 7) is 6.15. The van der Waals surface area contributed by atoms with Crippen molar-refractivity contribution in [3.63, 3.8) is 0 Å². The molecule has 2 aromatic rings. The lowest BCUT2D eigenvalue weighted by Gasteiger charge is -2.18. The van der Waals surface area contributed by atoms with E-state index in [4.69, 9.17) is 15.9 Å². The highest BCUT2D eigenvalue weighted by Crippen LogP contribution is 2.33. The molecule has 2 heterocycles. The Kier molecular flexibility index (Phi) is 7.10. The highest BCUT2D eigenvalue weighted by molar-refractivity contribution is 7.17. The van der Waals surface area contributed by atoms with Gasteiger partial charge in [0, 0.05) is 38.3 Å². The van der Waals surface area contributed by atoms with Crippen molar-refractivity contribution in [2.24, 2.45) is 18.7 Å². The molecule has 1 unspecified atom stereocenters. The monoisotopic (exact) mass is 419 g/mol. The van der Waals surface area contributed by atoms with E-state index in [-0.39, 0.29) is 23.5 Å². The molecule has 2 aromatic heterocycles. The summed E-state index contributed by atoms with van der Waals surface area (Å²) in [6, 6.07) is -0.385. The third kappa shape index (κ3) is 5.41. The van der Waals surface area contributed by atoms with Crippen LogP contribution in [0.1, 0.15) is 29.5 Å². The van der Waals surface area contributed by atoms with Gasteiger partial charge in [0.2, 0.25) is 11.8 Å². The zero-order valence-electron chi connectivity index (χ0n) is 16.9. The SMILES string of the molecule is C=C(c1cnn(C)c1)c1sc(NC(=O)N(C)CCC(C)C(N)=O)nc1C(=N)OC. The highest BCUT2D eigenvalue weighted by Gasteiger charge is 2.22. The number of nitrogens with zero attached hydrogens (tertiary/aromatic N) is 4. The van der Waals surface area contributed by atoms with Gasteiger partial charge in [0.1, 0.15) is 5.69 Å². The van der Waals surface area contributed by atoms with Crippen molar-refractivity contribution in [2.75, 3.05) is 26.0 Å². The molecule has 0 spiro atoms. The number of ether oxygens (including phenoxy) is 1. The standard InChI is InChI=1S/C18H25N7O3S/c1-10(15(19)26)6-7-24(3)18(27)23-17-22-13(16(20)28-5)14(29-17)11(2)12-8-21-25(4)9-12/h8-10,20H,2,6-7H2,1,3-5H3,(H2,19,26)(H,22,23,27). The molecular formula is C18H25N7O3S. The molecule has 2 rings (SSSR count). The van der Waals surface area contributed by atoms with Crippen molar-refractivity contribution >= 4 is 39.9 Å². The number of rotatable bonds is 8. The Balaban J connectivity index is 2.18. The van der Waals surface area contributed by atoms with Crippen molar-refractivity contribution in [3.05, 3.63) is 35.1 Å². The molecule has 11 heteroatoms. The molecule has 1 atom stereocenters. The first kappa shape index (κ1) is 22.1. The molecular weight excluding hydrogens is 394 g/mol. The molecule has 0 aliphatic heterocycles. The number of urea groups is 1. The van der Waals surface area contributed by atoms with Crippen LogP contribution in [0.2, 0.25) is 0 Å². The van der Waals surface area contributed by atoms with Gasteiger partial charge in [-0.2, -0.15) is 5.10 Å². The lowest BCUT2D eigenvalue weighted by atomic mass is 10.1. The van der Waals surface area contributed by atoms with Gasteiger partial charge in [-0.3, -0.25) is 20.2 Å². The summed E-state index contributed by atoms with van der Waals surface area (Å²) in [6.07, 6.45) is 3.92. The fourth-order valence-corrected chi connectivity index (χ4v) is 3.30. The fourth-order valence-electron chi connectivity index (χ4n) is 2.35. The molecule has 10 nitrogen and oxygen atoms in total. The van der Waals surface area contributed by atoms with E-state index in [1.54, 1.807) is 38.1 Å². The number of carbonyl (C=O) groups excluding carboxylic acids is 2. The van der Waals surface area contributed by atoms with Crippen molar-refractivity contribution < 1.29 is 14.3 Å². The van der Waals surface area contributed by atoms with Crippen LogP contribution in [0.5, 0.6) is 0 Å². The molecule has 0 saturated carbocycles. The minimum Gasteiger partial charge on any atom is -0.480 e. The molecule has 0 aromatic carbocycles. The van der Waals surface area contributed by atoms with Gasteiger partial charge >= 0.3 is 6.03 Å². The summed E-state index contributed by atoms with van der Waals surface area (Å²) in [5, 5.41) is 15.2. The average molecular weight is 420 g/mol. The number of hydrogen-bond acceptors (Lipinski definition) is 7. The summed E-state index contributed by atoms with van der Waals surface area (Å²) < 4.78 is 6.67. The predicted molar refractivity (Wildman–Crippen MR) is 112 cm³/mol. The number of aromatic nitrogens is 3. The van der Waals surface area contributed by atoms with Crippen molar-refractivity contribution in [1.82, 2.24) is 19.7 Å². The molecule has 156 valence electrons. The van der Waals surface area contributed by atoms with Crippen LogP contribution in [-0.4, -0.2) is 58.2 Å². The van der Waals surface area contributed by atoms with Crippen molar-refractivity contribution in [3.8, 4) is 0 Å². The topological polar surface area (TPSA) is 139 Å². The minimum absolute atomic E-state index is 0.134. The van der Waals surface area contributed by atoms with E-state index in [2.05, 4.69) is 22.0 Å². The average Bonchev–Trinajstić information content (AvgIpc) is 3.30. The maximum atomic E-state index is 12.4. The van der Waals surface area contributed by atoms with Gasteiger partial charge in [-0.25, -0.2) is 9.78 Å². The van der Waals surface area contributed by atoms with Crippen molar-refractivity contribution in [2.45, 2.75) is 13.3 Å². The zero-order valence-corrected chi connectivity index (χ0v) is 17.7. The minimum atomic E-state index is -0.403. The van der Waals surface area contributed by atoms with Gasteiger partial charge in [0.05, 0.1) is 18.2 Å². The Labute approximate surface area is 172 Å². The first-order chi connectivity index (χ1) is 13.6. The van der Waals surface area contributed by atoms with Gasteiger partial charge in [0.15, 0.2) is 5.13 Å². The second kappa shape index (κ2) is 9.32. The number of anilines is 1. The molecule has 0 radical (unpaired) electrons. The molecule has 0 fully saturated rings. The number of methoxy groups -OCH3 is 1. The summed E-state index contributed by atoms with van der Waals surface area (Å²) >= 11 is 1.19. The maximum Gasteiger partial charge on any atom is 0.323 e. The smallest absolute Gasteiger partial charge is 0.323 e. The Bertz CT molecular complexity index is 934. The van der Waals surface area contributed by atoms with Crippen LogP contribution in [0.15, 0.2) is 19.0 Å². The van der Waals surface area contributed by atoms with Crippen LogP contribution in [0.25, 0.3) is 5.57 Å². The lowest BCUT2D eigenvalue weighted by molar-refractivity contribution is -0.121. The molecule has 0 bridgehead atoms. The highest BCUT2D eigenvalue weighted by atomic mass is 32.1. The quantitative estimate of drug-likeness (QED) is 0.443. The number of nitrogens with one attached hydrogen (secondary N) is 2. The number of hydrogen-bond donors (Lipinski definition) is 3. The molecule has 4 N–H and O–H groups in total. The third-order valence-electron chi connectivity index (χ3n) is 4.32. The normalized spacial score (nSPS) is 11.6. The number of aryl methyl sites for hydroxylation is 1. The lowest BCUT2D eigenvalue weighted by Crippen LogP contribution is -2.34. The largest absolute Gasteiger partial charge is 0.480 e. The Morgan fingerprint density at radius 3 is 2.76 bits per heavy atom. The van der Waals surface area contributed by atoms with E-state index in [0.717, 1.165) is 5.56 Å². The van der Waals surface area contributed by atoms with E-state index < -0.39 is 5.91 Å². The predicted octanol–water partition coefficient (Wildman–Crippen LogP) is 1.89. The first-order valence-electron chi connectivity index (χ1n) is 8.77. The zero-order chi connectivity index (χ0) is 21.7. The van der Waals surface area contributed by atoms with Gasteiger partial charge in [-0.15, -0.1) is 0 Å². The third-order valence-corrected chi connectivity index (χ3v) is 5.35. The van der Waals surface area contributed by atoms with Crippen LogP contribution in [0, 0.1) is 11.3 Å². The second-order valence-corrected chi connectivity index (χ2v) is 7.55. The molecule has 0 saturated heterocycles. The van der Waals surface area contributed by atoms with Crippen LogP contribution < -0.4 is 11.1 Å². The fraction of sp³-hybridized carbons (Fsp3) is 0.389. The summed E-state index contributed by atoms with van der Waals surface area (Å²) in [4.78, 5) is 30.0. The van der Waals surface area contributed by atoms with Crippen LogP contribution in [0.4, 0.5) is 9.93 Å². The number of thiazole rings is 1. The van der Waals surface area contributed by atoms with Gasteiger partial charge in [-0.05, 0) is 12.0 Å². The van der Waals surface area contributed by atoms with Gasteiger partial charge in [-0.1, -0.05) is 24.8 Å². The molecule has 0 aliphatic rings. The van der Waals surface area contributed by atoms with Gasteiger partial charge < -0.3 is 15.4 Å². The van der Waals surface area contributed by atoms with Crippen LogP contribution in [-0.2, 0) is 16.6 Å². The second-order valence-electron chi connectivity index (χ2n) is 6.56. The van der Waals surface area contributed by atoms with Crippen molar-refractivity contribution in [1.29, 1.82) is 5.41 Å². The first-order valence-corrected chi connectivity index (χ1v) is 9.59. The van der Waals surface area contributed by atoms with Crippen LogP contribution in [0.3, 0.4) is 0 Å². The Hall–Kier alpha value is -3.21. The Morgan fingerprint density at radius 2 is 2.21 bits per heavy atom. The van der Waals surface area contributed by atoms with E-state index in [0.29, 0.717) is 28.5 Å². The number of nitrogens with two attached hydrogens (primary N) is 1. The number of primary amides is 1. The van der Waals surface area contributed by atoms with E-state index in [9.17, 15) is 9.59 Å². The van der Waals surface area contributed by atoms with E-state index in [1.165, 1.54) is 23.3 Å². The summed E-state index contributed by atoms with van der Waals surface area (Å²) in [5.74, 6) is -0.862. The maximum absolute atomic E-state index is 12.4. The summed E-state index contributed by atoms with van der Waals surface area (Å²) in [7, 11) is 4.79.